The Labute approximate surface area is 294 Å². The van der Waals surface area contributed by atoms with Crippen LogP contribution in [-0.4, -0.2) is 18.6 Å². The molecule has 0 aromatic heterocycles. The molecule has 1 heterocycles. The molecule has 2 aliphatic carbocycles. The van der Waals surface area contributed by atoms with Crippen LogP contribution >= 0.6 is 0 Å². The van der Waals surface area contributed by atoms with E-state index in [2.05, 4.69) is 122 Å². The van der Waals surface area contributed by atoms with Gasteiger partial charge in [0, 0.05) is 17.1 Å². The zero-order valence-electron chi connectivity index (χ0n) is 31.8. The third kappa shape index (κ3) is 6.69. The number of benzene rings is 3. The highest BCUT2D eigenvalue weighted by Gasteiger charge is 2.48. The minimum atomic E-state index is 0.393. The standard InChI is InChI=1S/C45H63BN2/c1-29(2)36-23-16-24-37(30(3)4)42(36)40-27-18-28-41(43-38(31(5)6)25-17-26-39(43)32(7)8)44(40)48-33(9)47-46(35-21-14-11-15-22-35)45(48)34-19-12-10-13-20-34/h16-18,23-32,34-35,45H,10-15,19-22H2,1-9H3. The number of hydrogen-bond donors (Lipinski definition) is 0. The van der Waals surface area contributed by atoms with Crippen LogP contribution in [0.2, 0.25) is 5.82 Å². The van der Waals surface area contributed by atoms with E-state index < -0.39 is 0 Å². The Morgan fingerprint density at radius 2 is 0.958 bits per heavy atom. The second-order valence-electron chi connectivity index (χ2n) is 16.8. The van der Waals surface area contributed by atoms with Crippen molar-refractivity contribution in [1.29, 1.82) is 0 Å². The summed E-state index contributed by atoms with van der Waals surface area (Å²) in [5.74, 6) is 4.78. The van der Waals surface area contributed by atoms with E-state index >= 15 is 0 Å². The minimum absolute atomic E-state index is 0.393. The average molecular weight is 643 g/mol. The highest BCUT2D eigenvalue weighted by molar-refractivity contribution is 6.65. The first-order chi connectivity index (χ1) is 23.1. The summed E-state index contributed by atoms with van der Waals surface area (Å²) in [6.07, 6.45) is 13.6. The second-order valence-corrected chi connectivity index (χ2v) is 16.8. The molecule has 0 saturated heterocycles. The number of para-hydroxylation sites is 1. The monoisotopic (exact) mass is 643 g/mol. The molecule has 0 radical (unpaired) electrons. The van der Waals surface area contributed by atoms with E-state index in [1.165, 1.54) is 120 Å². The molecule has 2 saturated carbocycles. The van der Waals surface area contributed by atoms with Crippen LogP contribution < -0.4 is 4.90 Å². The maximum absolute atomic E-state index is 5.77. The molecular weight excluding hydrogens is 579 g/mol. The summed E-state index contributed by atoms with van der Waals surface area (Å²) >= 11 is 0. The zero-order chi connectivity index (χ0) is 34.1. The molecule has 2 fully saturated rings. The van der Waals surface area contributed by atoms with E-state index in [0.717, 1.165) is 0 Å². The van der Waals surface area contributed by atoms with Crippen molar-refractivity contribution in [2.24, 2.45) is 10.8 Å². The van der Waals surface area contributed by atoms with Crippen molar-refractivity contribution in [2.45, 2.75) is 162 Å². The van der Waals surface area contributed by atoms with Crippen LogP contribution in [0.5, 0.6) is 0 Å². The molecule has 1 aliphatic heterocycles. The molecule has 48 heavy (non-hydrogen) atoms. The number of amidine groups is 1. The maximum Gasteiger partial charge on any atom is 0.308 e. The summed E-state index contributed by atoms with van der Waals surface area (Å²) in [5.41, 5.74) is 13.0. The molecule has 6 rings (SSSR count). The molecule has 0 spiro atoms. The van der Waals surface area contributed by atoms with Crippen LogP contribution in [0.3, 0.4) is 0 Å². The summed E-state index contributed by atoms with van der Waals surface area (Å²) in [6, 6.07) is 21.5. The van der Waals surface area contributed by atoms with Crippen molar-refractivity contribution < 1.29 is 0 Å². The van der Waals surface area contributed by atoms with E-state index in [9.17, 15) is 0 Å². The van der Waals surface area contributed by atoms with E-state index in [4.69, 9.17) is 4.90 Å². The van der Waals surface area contributed by atoms with Gasteiger partial charge in [0.05, 0.1) is 11.5 Å². The van der Waals surface area contributed by atoms with Crippen molar-refractivity contribution in [2.75, 3.05) is 4.90 Å². The quantitative estimate of drug-likeness (QED) is 0.212. The van der Waals surface area contributed by atoms with Crippen molar-refractivity contribution in [3.63, 3.8) is 0 Å². The summed E-state index contributed by atoms with van der Waals surface area (Å²) in [4.78, 5) is 8.62. The molecule has 1 unspecified atom stereocenters. The zero-order valence-corrected chi connectivity index (χ0v) is 31.8. The van der Waals surface area contributed by atoms with Gasteiger partial charge in [-0.2, -0.15) is 0 Å². The van der Waals surface area contributed by atoms with Gasteiger partial charge in [0.25, 0.3) is 0 Å². The minimum Gasteiger partial charge on any atom is -0.332 e. The topological polar surface area (TPSA) is 15.6 Å². The summed E-state index contributed by atoms with van der Waals surface area (Å²) in [7, 11) is 0. The SMILES string of the molecule is CC1=NB(C2CCCCC2)C(C2CCCCC2)N1c1c(-c2c(C(C)C)cccc2C(C)C)cccc1-c1c(C(C)C)cccc1C(C)C. The summed E-state index contributed by atoms with van der Waals surface area (Å²) in [5, 5.41) is 0. The van der Waals surface area contributed by atoms with Crippen LogP contribution in [0.15, 0.2) is 59.5 Å². The smallest absolute Gasteiger partial charge is 0.308 e. The van der Waals surface area contributed by atoms with Gasteiger partial charge in [-0.1, -0.05) is 161 Å². The van der Waals surface area contributed by atoms with Gasteiger partial charge >= 0.3 is 6.85 Å². The predicted octanol–water partition coefficient (Wildman–Crippen LogP) is 13.6. The third-order valence-corrected chi connectivity index (χ3v) is 12.2. The molecule has 3 aromatic carbocycles. The Balaban J connectivity index is 1.70. The fraction of sp³-hybridized carbons (Fsp3) is 0.578. The number of hydrogen-bond acceptors (Lipinski definition) is 2. The summed E-state index contributed by atoms with van der Waals surface area (Å²) in [6.45, 7) is 21.8. The van der Waals surface area contributed by atoms with Gasteiger partial charge in [0.1, 0.15) is 0 Å². The largest absolute Gasteiger partial charge is 0.332 e. The molecule has 3 aromatic rings. The lowest BCUT2D eigenvalue weighted by Crippen LogP contribution is -2.49. The molecule has 1 atom stereocenters. The van der Waals surface area contributed by atoms with Crippen LogP contribution in [-0.2, 0) is 0 Å². The van der Waals surface area contributed by atoms with Gasteiger partial charge in [0.2, 0.25) is 0 Å². The van der Waals surface area contributed by atoms with Crippen LogP contribution in [0, 0.1) is 5.92 Å². The van der Waals surface area contributed by atoms with Crippen LogP contribution in [0.4, 0.5) is 5.69 Å². The normalized spacial score (nSPS) is 19.8. The van der Waals surface area contributed by atoms with Crippen molar-refractivity contribution in [3.8, 4) is 22.3 Å². The van der Waals surface area contributed by atoms with Crippen LogP contribution in [0.1, 0.15) is 172 Å². The molecule has 256 valence electrons. The first-order valence-electron chi connectivity index (χ1n) is 19.8. The first-order valence-corrected chi connectivity index (χ1v) is 19.8. The maximum atomic E-state index is 5.77. The molecule has 2 nitrogen and oxygen atoms in total. The van der Waals surface area contributed by atoms with Gasteiger partial charge < -0.3 is 9.80 Å². The Morgan fingerprint density at radius 3 is 1.38 bits per heavy atom. The van der Waals surface area contributed by atoms with Crippen LogP contribution in [0.25, 0.3) is 22.3 Å². The third-order valence-electron chi connectivity index (χ3n) is 12.2. The number of nitrogens with zero attached hydrogens (tertiary/aromatic N) is 2. The van der Waals surface area contributed by atoms with Gasteiger partial charge in [-0.25, -0.2) is 0 Å². The average Bonchev–Trinajstić information content (AvgIpc) is 3.44. The molecule has 0 amide bonds. The first kappa shape index (κ1) is 35.0. The van der Waals surface area contributed by atoms with Gasteiger partial charge in [-0.15, -0.1) is 0 Å². The number of anilines is 1. The molecule has 3 heteroatoms. The lowest BCUT2D eigenvalue weighted by atomic mass is 9.41. The lowest BCUT2D eigenvalue weighted by molar-refractivity contribution is 0.342. The fourth-order valence-corrected chi connectivity index (χ4v) is 9.79. The van der Waals surface area contributed by atoms with E-state index in [1.54, 1.807) is 0 Å². The highest BCUT2D eigenvalue weighted by Crippen LogP contribution is 2.52. The van der Waals surface area contributed by atoms with Crippen molar-refractivity contribution in [3.05, 3.63) is 76.9 Å². The lowest BCUT2D eigenvalue weighted by Gasteiger charge is -2.41. The van der Waals surface area contributed by atoms with E-state index in [-0.39, 0.29) is 0 Å². The Hall–Kier alpha value is -2.81. The fourth-order valence-electron chi connectivity index (χ4n) is 9.79. The van der Waals surface area contributed by atoms with E-state index in [1.807, 2.05) is 0 Å². The molecule has 0 N–H and O–H groups in total. The molecular formula is C45H63BN2. The Kier molecular flexibility index (Phi) is 10.9. The van der Waals surface area contributed by atoms with Gasteiger partial charge in [-0.3, -0.25) is 0 Å². The Morgan fingerprint density at radius 1 is 0.562 bits per heavy atom. The Bertz CT molecular complexity index is 1450. The number of rotatable bonds is 9. The summed E-state index contributed by atoms with van der Waals surface area (Å²) < 4.78 is 0. The van der Waals surface area contributed by atoms with Gasteiger partial charge in [0.15, 0.2) is 0 Å². The van der Waals surface area contributed by atoms with Crippen molar-refractivity contribution >= 4 is 18.4 Å². The highest BCUT2D eigenvalue weighted by atomic mass is 15.3. The molecule has 0 bridgehead atoms. The van der Waals surface area contributed by atoms with Gasteiger partial charge in [-0.05, 0) is 88.6 Å². The second kappa shape index (κ2) is 15.0. The van der Waals surface area contributed by atoms with Crippen molar-refractivity contribution in [1.82, 2.24) is 0 Å². The van der Waals surface area contributed by atoms with E-state index in [0.29, 0.717) is 48.2 Å². The molecule has 3 aliphatic rings. The predicted molar refractivity (Wildman–Crippen MR) is 212 cm³/mol.